The third-order valence-electron chi connectivity index (χ3n) is 5.05. The summed E-state index contributed by atoms with van der Waals surface area (Å²) >= 11 is 0. The zero-order chi connectivity index (χ0) is 15.4. The maximum absolute atomic E-state index is 13.0. The maximum Gasteiger partial charge on any atom is 0.226 e. The molecule has 1 N–H and O–H groups in total. The summed E-state index contributed by atoms with van der Waals surface area (Å²) < 4.78 is 0. The first-order chi connectivity index (χ1) is 10.8. The number of carbonyl (C=O) groups is 1. The molecule has 2 fully saturated rings. The van der Waals surface area contributed by atoms with Crippen LogP contribution in [-0.2, 0) is 11.3 Å². The van der Waals surface area contributed by atoms with Crippen molar-refractivity contribution in [2.75, 3.05) is 13.1 Å². The molecule has 0 bridgehead atoms. The van der Waals surface area contributed by atoms with Gasteiger partial charge < -0.3 is 10.2 Å². The van der Waals surface area contributed by atoms with Crippen LogP contribution in [0.5, 0.6) is 0 Å². The predicted molar refractivity (Wildman–Crippen MR) is 94.4 cm³/mol. The van der Waals surface area contributed by atoms with Crippen LogP contribution in [0.25, 0.3) is 0 Å². The second-order valence-electron chi connectivity index (χ2n) is 6.75. The Hall–Kier alpha value is -1.13. The molecule has 1 aromatic rings. The molecule has 2 heterocycles. The molecule has 2 atom stereocenters. The summed E-state index contributed by atoms with van der Waals surface area (Å²) in [4.78, 5) is 19.6. The van der Waals surface area contributed by atoms with Crippen molar-refractivity contribution in [3.8, 4) is 0 Å². The second-order valence-corrected chi connectivity index (χ2v) is 6.75. The van der Waals surface area contributed by atoms with E-state index in [0.717, 1.165) is 38.0 Å². The molecular formula is C18H28ClN3O. The van der Waals surface area contributed by atoms with E-state index in [1.165, 1.54) is 12.8 Å². The van der Waals surface area contributed by atoms with E-state index in [-0.39, 0.29) is 18.3 Å². The van der Waals surface area contributed by atoms with Gasteiger partial charge in [0.15, 0.2) is 0 Å². The van der Waals surface area contributed by atoms with Crippen LogP contribution < -0.4 is 5.32 Å². The summed E-state index contributed by atoms with van der Waals surface area (Å²) in [6.45, 7) is 4.84. The lowest BCUT2D eigenvalue weighted by Crippen LogP contribution is -2.43. The molecule has 0 radical (unpaired) electrons. The number of hydrogen-bond donors (Lipinski definition) is 1. The average molecular weight is 338 g/mol. The normalized spacial score (nSPS) is 22.6. The number of aromatic nitrogens is 1. The highest BCUT2D eigenvalue weighted by atomic mass is 35.5. The summed E-state index contributed by atoms with van der Waals surface area (Å²) in [5.41, 5.74) is 0.996. The molecule has 1 saturated carbocycles. The molecule has 2 unspecified atom stereocenters. The minimum Gasteiger partial charge on any atom is -0.334 e. The van der Waals surface area contributed by atoms with Gasteiger partial charge in [0, 0.05) is 18.2 Å². The van der Waals surface area contributed by atoms with Gasteiger partial charge in [0.1, 0.15) is 0 Å². The van der Waals surface area contributed by atoms with Gasteiger partial charge in [-0.15, -0.1) is 12.4 Å². The minimum absolute atomic E-state index is 0. The van der Waals surface area contributed by atoms with Gasteiger partial charge in [-0.3, -0.25) is 9.78 Å². The van der Waals surface area contributed by atoms with Gasteiger partial charge in [-0.25, -0.2) is 0 Å². The highest BCUT2D eigenvalue weighted by molar-refractivity contribution is 5.85. The Labute approximate surface area is 145 Å². The third kappa shape index (κ3) is 4.92. The van der Waals surface area contributed by atoms with Crippen molar-refractivity contribution in [1.29, 1.82) is 0 Å². The summed E-state index contributed by atoms with van der Waals surface area (Å²) in [6.07, 6.45) is 7.55. The molecule has 4 nitrogen and oxygen atoms in total. The van der Waals surface area contributed by atoms with Crippen LogP contribution in [0.2, 0.25) is 0 Å². The van der Waals surface area contributed by atoms with Crippen molar-refractivity contribution < 1.29 is 4.79 Å². The number of pyridine rings is 1. The average Bonchev–Trinajstić information content (AvgIpc) is 3.38. The minimum atomic E-state index is 0. The smallest absolute Gasteiger partial charge is 0.226 e. The summed E-state index contributed by atoms with van der Waals surface area (Å²) in [6, 6.07) is 6.31. The van der Waals surface area contributed by atoms with Crippen molar-refractivity contribution in [3.05, 3.63) is 30.1 Å². The number of nitrogens with zero attached hydrogens (tertiary/aromatic N) is 2. The maximum atomic E-state index is 13.0. The molecule has 1 aliphatic carbocycles. The fourth-order valence-corrected chi connectivity index (χ4v) is 3.42. The van der Waals surface area contributed by atoms with Gasteiger partial charge in [0.25, 0.3) is 0 Å². The van der Waals surface area contributed by atoms with E-state index in [1.807, 2.05) is 24.4 Å². The quantitative estimate of drug-likeness (QED) is 0.898. The van der Waals surface area contributed by atoms with E-state index in [2.05, 4.69) is 22.1 Å². The van der Waals surface area contributed by atoms with Crippen LogP contribution in [0, 0.1) is 11.8 Å². The Morgan fingerprint density at radius 1 is 1.30 bits per heavy atom. The Morgan fingerprint density at radius 2 is 2.13 bits per heavy atom. The van der Waals surface area contributed by atoms with Gasteiger partial charge in [0.05, 0.1) is 12.2 Å². The SMILES string of the molecule is CC(C(=O)N(Cc1ccccn1)C1CCCNCC1)C1CC1.Cl. The molecule has 23 heavy (non-hydrogen) atoms. The summed E-state index contributed by atoms with van der Waals surface area (Å²) in [5, 5.41) is 3.45. The highest BCUT2D eigenvalue weighted by Gasteiger charge is 2.37. The van der Waals surface area contributed by atoms with Gasteiger partial charge in [-0.1, -0.05) is 13.0 Å². The highest BCUT2D eigenvalue weighted by Crippen LogP contribution is 2.38. The van der Waals surface area contributed by atoms with Gasteiger partial charge in [0.2, 0.25) is 5.91 Å². The van der Waals surface area contributed by atoms with E-state index < -0.39 is 0 Å². The zero-order valence-electron chi connectivity index (χ0n) is 13.9. The van der Waals surface area contributed by atoms with Crippen molar-refractivity contribution in [2.24, 2.45) is 11.8 Å². The molecule has 0 spiro atoms. The monoisotopic (exact) mass is 337 g/mol. The Morgan fingerprint density at radius 3 is 2.83 bits per heavy atom. The first-order valence-electron chi connectivity index (χ1n) is 8.67. The van der Waals surface area contributed by atoms with Crippen LogP contribution in [0.1, 0.15) is 44.7 Å². The van der Waals surface area contributed by atoms with Crippen molar-refractivity contribution in [1.82, 2.24) is 15.2 Å². The second kappa shape index (κ2) is 8.65. The summed E-state index contributed by atoms with van der Waals surface area (Å²) in [7, 11) is 0. The first-order valence-corrected chi connectivity index (χ1v) is 8.67. The van der Waals surface area contributed by atoms with Crippen LogP contribution in [0.3, 0.4) is 0 Å². The molecule has 1 aliphatic heterocycles. The number of nitrogens with one attached hydrogen (secondary N) is 1. The van der Waals surface area contributed by atoms with Crippen molar-refractivity contribution >= 4 is 18.3 Å². The molecule has 1 amide bonds. The third-order valence-corrected chi connectivity index (χ3v) is 5.05. The molecule has 1 saturated heterocycles. The Bertz CT molecular complexity index is 484. The van der Waals surface area contributed by atoms with Crippen molar-refractivity contribution in [2.45, 2.75) is 51.6 Å². The molecule has 5 heteroatoms. The van der Waals surface area contributed by atoms with Crippen molar-refractivity contribution in [3.63, 3.8) is 0 Å². The lowest BCUT2D eigenvalue weighted by Gasteiger charge is -2.33. The topological polar surface area (TPSA) is 45.2 Å². The van der Waals surface area contributed by atoms with E-state index in [4.69, 9.17) is 0 Å². The number of halogens is 1. The Kier molecular flexibility index (Phi) is 6.85. The molecule has 1 aromatic heterocycles. The number of rotatable bonds is 5. The van der Waals surface area contributed by atoms with Crippen LogP contribution >= 0.6 is 12.4 Å². The van der Waals surface area contributed by atoms with Crippen LogP contribution in [0.4, 0.5) is 0 Å². The van der Waals surface area contributed by atoms with E-state index in [0.29, 0.717) is 24.4 Å². The number of hydrogen-bond acceptors (Lipinski definition) is 3. The van der Waals surface area contributed by atoms with Gasteiger partial charge in [-0.05, 0) is 63.2 Å². The number of carbonyl (C=O) groups excluding carboxylic acids is 1. The van der Waals surface area contributed by atoms with E-state index in [9.17, 15) is 4.79 Å². The summed E-state index contributed by atoms with van der Waals surface area (Å²) in [5.74, 6) is 1.11. The molecule has 3 rings (SSSR count). The van der Waals surface area contributed by atoms with Crippen LogP contribution in [0.15, 0.2) is 24.4 Å². The lowest BCUT2D eigenvalue weighted by atomic mass is 10.0. The fraction of sp³-hybridized carbons (Fsp3) is 0.667. The first kappa shape index (κ1) is 18.2. The molecule has 2 aliphatic rings. The fourth-order valence-electron chi connectivity index (χ4n) is 3.42. The standard InChI is InChI=1S/C18H27N3O.ClH/c1-14(15-7-8-15)18(22)21(13-16-5-2-3-11-20-16)17-6-4-10-19-12-9-17;/h2-3,5,11,14-15,17,19H,4,6-10,12-13H2,1H3;1H. The molecular weight excluding hydrogens is 310 g/mol. The van der Waals surface area contributed by atoms with E-state index >= 15 is 0 Å². The van der Waals surface area contributed by atoms with E-state index in [1.54, 1.807) is 0 Å². The lowest BCUT2D eigenvalue weighted by molar-refractivity contribution is -0.139. The predicted octanol–water partition coefficient (Wildman–Crippen LogP) is 3.02. The molecule has 128 valence electrons. The van der Waals surface area contributed by atoms with Crippen LogP contribution in [-0.4, -0.2) is 34.9 Å². The Balaban J connectivity index is 0.00000192. The zero-order valence-corrected chi connectivity index (χ0v) is 14.7. The largest absolute Gasteiger partial charge is 0.334 e. The number of amides is 1. The van der Waals surface area contributed by atoms with Gasteiger partial charge >= 0.3 is 0 Å². The van der Waals surface area contributed by atoms with Gasteiger partial charge in [-0.2, -0.15) is 0 Å². The molecule has 0 aromatic carbocycles.